The van der Waals surface area contributed by atoms with Gasteiger partial charge in [-0.25, -0.2) is 4.98 Å². The van der Waals surface area contributed by atoms with Gasteiger partial charge < -0.3 is 15.2 Å². The molecule has 18 heavy (non-hydrogen) atoms. The number of rotatable bonds is 3. The maximum absolute atomic E-state index is 11.7. The van der Waals surface area contributed by atoms with Crippen LogP contribution < -0.4 is 15.8 Å². The molecule has 2 N–H and O–H groups in total. The van der Waals surface area contributed by atoms with Crippen LogP contribution in [0.4, 0.5) is 5.82 Å². The smallest absolute Gasteiger partial charge is 0.252 e. The van der Waals surface area contributed by atoms with Crippen LogP contribution in [-0.2, 0) is 0 Å². The summed E-state index contributed by atoms with van der Waals surface area (Å²) in [4.78, 5) is 21.4. The number of nitrogens with zero attached hydrogens (tertiary/aromatic N) is 2. The van der Waals surface area contributed by atoms with E-state index in [4.69, 9.17) is 0 Å². The minimum atomic E-state index is -0.0199. The van der Waals surface area contributed by atoms with Crippen molar-refractivity contribution < 1.29 is 0 Å². The average molecular weight is 248 g/mol. The molecule has 1 unspecified atom stereocenters. The summed E-state index contributed by atoms with van der Waals surface area (Å²) in [5, 5.41) is 3.31. The summed E-state index contributed by atoms with van der Waals surface area (Å²) >= 11 is 0. The van der Waals surface area contributed by atoms with Gasteiger partial charge in [-0.3, -0.25) is 4.79 Å². The highest BCUT2D eigenvalue weighted by atomic mass is 16.1. The number of aromatic amines is 1. The van der Waals surface area contributed by atoms with Crippen LogP contribution in [0.3, 0.4) is 0 Å². The van der Waals surface area contributed by atoms with E-state index in [1.807, 2.05) is 7.05 Å². The Bertz CT molecular complexity index is 480. The van der Waals surface area contributed by atoms with Gasteiger partial charge in [-0.05, 0) is 32.7 Å². The normalized spacial score (nSPS) is 24.3. The number of hydrogen-bond acceptors (Lipinski definition) is 4. The fraction of sp³-hybridized carbons (Fsp3) is 0.692. The van der Waals surface area contributed by atoms with Crippen molar-refractivity contribution >= 4 is 5.82 Å². The lowest BCUT2D eigenvalue weighted by atomic mass is 10.1. The van der Waals surface area contributed by atoms with Gasteiger partial charge in [0, 0.05) is 31.1 Å². The fourth-order valence-corrected chi connectivity index (χ4v) is 2.60. The first-order chi connectivity index (χ1) is 8.76. The van der Waals surface area contributed by atoms with Crippen LogP contribution in [0.1, 0.15) is 37.4 Å². The van der Waals surface area contributed by atoms with E-state index >= 15 is 0 Å². The molecule has 0 bridgehead atoms. The zero-order valence-electron chi connectivity index (χ0n) is 10.8. The number of anilines is 1. The summed E-state index contributed by atoms with van der Waals surface area (Å²) in [6, 6.07) is 2.13. The summed E-state index contributed by atoms with van der Waals surface area (Å²) in [7, 11) is 2.00. The number of aromatic nitrogens is 2. The van der Waals surface area contributed by atoms with Gasteiger partial charge in [-0.15, -0.1) is 0 Å². The molecule has 98 valence electrons. The van der Waals surface area contributed by atoms with Gasteiger partial charge in [-0.2, -0.15) is 0 Å². The van der Waals surface area contributed by atoms with Crippen molar-refractivity contribution in [1.29, 1.82) is 0 Å². The van der Waals surface area contributed by atoms with E-state index in [0.29, 0.717) is 12.0 Å². The second-order valence-corrected chi connectivity index (χ2v) is 5.34. The highest BCUT2D eigenvalue weighted by molar-refractivity contribution is 5.39. The van der Waals surface area contributed by atoms with E-state index in [-0.39, 0.29) is 5.56 Å². The van der Waals surface area contributed by atoms with Crippen molar-refractivity contribution in [3.05, 3.63) is 22.2 Å². The van der Waals surface area contributed by atoms with Crippen LogP contribution in [0.15, 0.2) is 10.9 Å². The van der Waals surface area contributed by atoms with Crippen LogP contribution >= 0.6 is 0 Å². The minimum absolute atomic E-state index is 0.0199. The molecular formula is C13H20N4O. The Morgan fingerprint density at radius 2 is 2.28 bits per heavy atom. The highest BCUT2D eigenvalue weighted by Gasteiger charge is 2.27. The molecule has 1 aliphatic heterocycles. The van der Waals surface area contributed by atoms with E-state index in [1.165, 1.54) is 6.42 Å². The fourth-order valence-electron chi connectivity index (χ4n) is 2.60. The molecule has 2 aliphatic rings. The topological polar surface area (TPSA) is 61.0 Å². The number of piperidine rings is 1. The van der Waals surface area contributed by atoms with Crippen LogP contribution in [0, 0.1) is 0 Å². The molecule has 0 spiro atoms. The molecule has 0 radical (unpaired) electrons. The van der Waals surface area contributed by atoms with Gasteiger partial charge in [-0.1, -0.05) is 0 Å². The Morgan fingerprint density at radius 1 is 1.44 bits per heavy atom. The van der Waals surface area contributed by atoms with E-state index in [1.54, 1.807) is 6.07 Å². The first-order valence-electron chi connectivity index (χ1n) is 6.80. The van der Waals surface area contributed by atoms with Gasteiger partial charge in [0.25, 0.3) is 5.56 Å². The van der Waals surface area contributed by atoms with E-state index in [0.717, 1.165) is 44.0 Å². The highest BCUT2D eigenvalue weighted by Crippen LogP contribution is 2.38. The van der Waals surface area contributed by atoms with Crippen LogP contribution in [0.25, 0.3) is 0 Å². The zero-order chi connectivity index (χ0) is 12.5. The maximum atomic E-state index is 11.7. The summed E-state index contributed by atoms with van der Waals surface area (Å²) < 4.78 is 0. The van der Waals surface area contributed by atoms with Crippen LogP contribution in [0.5, 0.6) is 0 Å². The molecule has 1 aromatic heterocycles. The lowest BCUT2D eigenvalue weighted by Crippen LogP contribution is -2.45. The number of likely N-dealkylation sites (N-methyl/N-ethyl adjacent to an activating group) is 1. The standard InChI is InChI=1S/C13H20N4O/c1-14-10-3-2-6-17(8-10)11-7-12(18)16-13(15-11)9-4-5-9/h7,9-10,14H,2-6,8H2,1H3,(H,15,16,18). The quantitative estimate of drug-likeness (QED) is 0.832. The van der Waals surface area contributed by atoms with Crippen molar-refractivity contribution in [3.8, 4) is 0 Å². The summed E-state index contributed by atoms with van der Waals surface area (Å²) in [6.07, 6.45) is 4.67. The molecule has 0 aromatic carbocycles. The van der Waals surface area contributed by atoms with Gasteiger partial charge in [0.2, 0.25) is 0 Å². The van der Waals surface area contributed by atoms with Gasteiger partial charge in [0.15, 0.2) is 0 Å². The molecule has 1 aromatic rings. The molecular weight excluding hydrogens is 228 g/mol. The lowest BCUT2D eigenvalue weighted by molar-refractivity contribution is 0.447. The van der Waals surface area contributed by atoms with Gasteiger partial charge in [0.1, 0.15) is 11.6 Å². The molecule has 1 aliphatic carbocycles. The maximum Gasteiger partial charge on any atom is 0.252 e. The van der Waals surface area contributed by atoms with Crippen molar-refractivity contribution in [2.75, 3.05) is 25.0 Å². The minimum Gasteiger partial charge on any atom is -0.355 e. The van der Waals surface area contributed by atoms with Crippen molar-refractivity contribution in [2.45, 2.75) is 37.6 Å². The third-order valence-electron chi connectivity index (χ3n) is 3.86. The summed E-state index contributed by atoms with van der Waals surface area (Å²) in [5.41, 5.74) is -0.0199. The Balaban J connectivity index is 1.84. The monoisotopic (exact) mass is 248 g/mol. The predicted molar refractivity (Wildman–Crippen MR) is 71.1 cm³/mol. The molecule has 3 rings (SSSR count). The molecule has 1 atom stereocenters. The van der Waals surface area contributed by atoms with Crippen LogP contribution in [-0.4, -0.2) is 36.1 Å². The number of hydrogen-bond donors (Lipinski definition) is 2. The Morgan fingerprint density at radius 3 is 3.00 bits per heavy atom. The van der Waals surface area contributed by atoms with E-state index in [2.05, 4.69) is 20.2 Å². The Hall–Kier alpha value is -1.36. The van der Waals surface area contributed by atoms with Gasteiger partial charge in [0.05, 0.1) is 0 Å². The molecule has 5 heteroatoms. The average Bonchev–Trinajstić information content (AvgIpc) is 3.22. The predicted octanol–water partition coefficient (Wildman–Crippen LogP) is 0.835. The van der Waals surface area contributed by atoms with Crippen molar-refractivity contribution in [1.82, 2.24) is 15.3 Å². The second-order valence-electron chi connectivity index (χ2n) is 5.34. The summed E-state index contributed by atoms with van der Waals surface area (Å²) in [5.74, 6) is 2.22. The molecule has 1 saturated heterocycles. The van der Waals surface area contributed by atoms with E-state index < -0.39 is 0 Å². The van der Waals surface area contributed by atoms with Gasteiger partial charge >= 0.3 is 0 Å². The summed E-state index contributed by atoms with van der Waals surface area (Å²) in [6.45, 7) is 1.94. The number of nitrogens with one attached hydrogen (secondary N) is 2. The number of H-pyrrole nitrogens is 1. The third-order valence-corrected chi connectivity index (χ3v) is 3.86. The Kier molecular flexibility index (Phi) is 3.07. The van der Waals surface area contributed by atoms with Crippen LogP contribution in [0.2, 0.25) is 0 Å². The first-order valence-corrected chi connectivity index (χ1v) is 6.80. The molecule has 5 nitrogen and oxygen atoms in total. The van der Waals surface area contributed by atoms with Crippen molar-refractivity contribution in [3.63, 3.8) is 0 Å². The van der Waals surface area contributed by atoms with E-state index in [9.17, 15) is 4.79 Å². The molecule has 2 heterocycles. The third kappa shape index (κ3) is 2.41. The second kappa shape index (κ2) is 4.72. The molecule has 2 fully saturated rings. The molecule has 0 amide bonds. The molecule has 1 saturated carbocycles. The lowest BCUT2D eigenvalue weighted by Gasteiger charge is -2.33. The largest absolute Gasteiger partial charge is 0.355 e. The van der Waals surface area contributed by atoms with Crippen molar-refractivity contribution in [2.24, 2.45) is 0 Å². The SMILES string of the molecule is CNC1CCCN(c2cc(=O)[nH]c(C3CC3)n2)C1. The first kappa shape index (κ1) is 11.7. The Labute approximate surface area is 107 Å². The zero-order valence-corrected chi connectivity index (χ0v) is 10.8.